The van der Waals surface area contributed by atoms with Crippen LogP contribution in [0.15, 0.2) is 0 Å². The van der Waals surface area contributed by atoms with Gasteiger partial charge in [-0.15, -0.1) is 0 Å². The Kier molecular flexibility index (Phi) is 12.1. The number of hydrogen-bond donors (Lipinski definition) is 1. The van der Waals surface area contributed by atoms with Crippen LogP contribution in [-0.2, 0) is 0 Å². The highest BCUT2D eigenvalue weighted by atomic mass is 14.8. The number of nitrogens with one attached hydrogen (secondary N) is 1. The van der Waals surface area contributed by atoms with E-state index >= 15 is 0 Å². The van der Waals surface area contributed by atoms with Gasteiger partial charge in [-0.2, -0.15) is 0 Å². The van der Waals surface area contributed by atoms with Gasteiger partial charge in [0, 0.05) is 0 Å². The van der Waals surface area contributed by atoms with Crippen LogP contribution >= 0.6 is 0 Å². The van der Waals surface area contributed by atoms with Gasteiger partial charge >= 0.3 is 0 Å². The molecule has 4 atom stereocenters. The zero-order valence-corrected chi connectivity index (χ0v) is 17.6. The molecular weight excluding hydrogens is 290 g/mol. The van der Waals surface area contributed by atoms with E-state index in [9.17, 15) is 0 Å². The fraction of sp³-hybridized carbons (Fsp3) is 1.00. The molecule has 0 heterocycles. The first kappa shape index (κ1) is 22.0. The molecule has 1 aliphatic carbocycles. The summed E-state index contributed by atoms with van der Waals surface area (Å²) >= 11 is 0. The lowest BCUT2D eigenvalue weighted by Crippen LogP contribution is -2.13. The Morgan fingerprint density at radius 3 is 2.12 bits per heavy atom. The molecule has 0 aromatic carbocycles. The van der Waals surface area contributed by atoms with Crippen molar-refractivity contribution in [2.24, 2.45) is 29.6 Å². The molecule has 0 aromatic rings. The van der Waals surface area contributed by atoms with E-state index in [-0.39, 0.29) is 0 Å². The van der Waals surface area contributed by atoms with Crippen molar-refractivity contribution in [3.63, 3.8) is 0 Å². The maximum Gasteiger partial charge on any atom is -0.00490 e. The minimum absolute atomic E-state index is 0.856. The topological polar surface area (TPSA) is 12.0 Å². The third-order valence-corrected chi connectivity index (χ3v) is 6.51. The first-order valence-electron chi connectivity index (χ1n) is 11.2. The predicted molar refractivity (Wildman–Crippen MR) is 109 cm³/mol. The van der Waals surface area contributed by atoms with Crippen molar-refractivity contribution in [2.75, 3.05) is 13.1 Å². The van der Waals surface area contributed by atoms with E-state index in [0.717, 1.165) is 36.1 Å². The molecule has 0 aromatic heterocycles. The summed E-state index contributed by atoms with van der Waals surface area (Å²) in [4.78, 5) is 0. The normalized spacial score (nSPS) is 22.8. The molecule has 0 saturated heterocycles. The first-order chi connectivity index (χ1) is 11.5. The summed E-state index contributed by atoms with van der Waals surface area (Å²) in [6.07, 6.45) is 16.2. The molecule has 1 fully saturated rings. The zero-order valence-electron chi connectivity index (χ0n) is 17.6. The summed E-state index contributed by atoms with van der Waals surface area (Å²) in [6, 6.07) is 0. The zero-order chi connectivity index (χ0) is 17.8. The van der Waals surface area contributed by atoms with Crippen LogP contribution in [0.2, 0.25) is 0 Å². The summed E-state index contributed by atoms with van der Waals surface area (Å²) in [5.74, 6) is 4.92. The fourth-order valence-corrected chi connectivity index (χ4v) is 4.02. The summed E-state index contributed by atoms with van der Waals surface area (Å²) in [7, 11) is 0. The minimum atomic E-state index is 0.856. The Morgan fingerprint density at radius 1 is 0.792 bits per heavy atom. The molecule has 0 aliphatic heterocycles. The van der Waals surface area contributed by atoms with Gasteiger partial charge in [0.25, 0.3) is 0 Å². The predicted octanol–water partition coefficient (Wildman–Crippen LogP) is 7.06. The second-order valence-corrected chi connectivity index (χ2v) is 9.15. The van der Waals surface area contributed by atoms with Crippen molar-refractivity contribution in [3.05, 3.63) is 0 Å². The van der Waals surface area contributed by atoms with Crippen molar-refractivity contribution in [1.82, 2.24) is 5.32 Å². The van der Waals surface area contributed by atoms with Gasteiger partial charge in [0.1, 0.15) is 0 Å². The van der Waals surface area contributed by atoms with Crippen LogP contribution in [0.3, 0.4) is 0 Å². The molecular formula is C23H47N. The molecule has 1 nitrogen and oxygen atoms in total. The van der Waals surface area contributed by atoms with Gasteiger partial charge in [-0.25, -0.2) is 0 Å². The summed E-state index contributed by atoms with van der Waals surface area (Å²) in [6.45, 7) is 14.2. The second kappa shape index (κ2) is 13.2. The van der Waals surface area contributed by atoms with E-state index in [0.29, 0.717) is 0 Å². The Hall–Kier alpha value is -0.0400. The van der Waals surface area contributed by atoms with Crippen molar-refractivity contribution in [1.29, 1.82) is 0 Å². The molecule has 1 saturated carbocycles. The van der Waals surface area contributed by atoms with E-state index in [4.69, 9.17) is 0 Å². The Labute approximate surface area is 153 Å². The number of rotatable bonds is 16. The Bertz CT molecular complexity index is 286. The molecule has 0 spiro atoms. The standard InChI is InChI=1S/C23H47N/c1-6-24-17-9-7-8-15-22-18-23(22)16-11-13-20(4)12-10-14-21(5)19(2)3/h19-24H,6-18H2,1-5H3/t20-,21?,22+,23?/m0/s1. The lowest BCUT2D eigenvalue weighted by molar-refractivity contribution is 0.352. The van der Waals surface area contributed by atoms with Gasteiger partial charge in [-0.3, -0.25) is 0 Å². The molecule has 1 N–H and O–H groups in total. The van der Waals surface area contributed by atoms with Crippen molar-refractivity contribution >= 4 is 0 Å². The van der Waals surface area contributed by atoms with Gasteiger partial charge in [0.2, 0.25) is 0 Å². The smallest absolute Gasteiger partial charge is 0.00490 e. The summed E-state index contributed by atoms with van der Waals surface area (Å²) in [5, 5.41) is 3.43. The third-order valence-electron chi connectivity index (χ3n) is 6.51. The van der Waals surface area contributed by atoms with Crippen LogP contribution in [0.4, 0.5) is 0 Å². The average Bonchev–Trinajstić information content (AvgIpc) is 3.29. The molecule has 1 aliphatic rings. The molecule has 0 amide bonds. The van der Waals surface area contributed by atoms with Crippen LogP contribution in [-0.4, -0.2) is 13.1 Å². The molecule has 144 valence electrons. The SMILES string of the molecule is CCNCCCCC[C@@H]1CC1CCC[C@@H](C)CCCC(C)C(C)C. The van der Waals surface area contributed by atoms with Crippen LogP contribution in [0, 0.1) is 29.6 Å². The van der Waals surface area contributed by atoms with Gasteiger partial charge in [0.05, 0.1) is 0 Å². The van der Waals surface area contributed by atoms with Crippen LogP contribution < -0.4 is 5.32 Å². The second-order valence-electron chi connectivity index (χ2n) is 9.15. The lowest BCUT2D eigenvalue weighted by atomic mass is 9.89. The highest BCUT2D eigenvalue weighted by molar-refractivity contribution is 4.85. The summed E-state index contributed by atoms with van der Waals surface area (Å²) < 4.78 is 0. The molecule has 1 rings (SSSR count). The number of hydrogen-bond acceptors (Lipinski definition) is 1. The van der Waals surface area contributed by atoms with E-state index in [1.165, 1.54) is 70.8 Å². The van der Waals surface area contributed by atoms with Gasteiger partial charge in [-0.05, 0) is 55.5 Å². The first-order valence-corrected chi connectivity index (χ1v) is 11.2. The Morgan fingerprint density at radius 2 is 1.46 bits per heavy atom. The molecule has 24 heavy (non-hydrogen) atoms. The van der Waals surface area contributed by atoms with Gasteiger partial charge in [0.15, 0.2) is 0 Å². The van der Waals surface area contributed by atoms with Crippen LogP contribution in [0.5, 0.6) is 0 Å². The van der Waals surface area contributed by atoms with Crippen molar-refractivity contribution in [2.45, 2.75) is 105 Å². The van der Waals surface area contributed by atoms with E-state index in [1.807, 2.05) is 0 Å². The highest BCUT2D eigenvalue weighted by Crippen LogP contribution is 2.45. The quantitative estimate of drug-likeness (QED) is 0.297. The maximum absolute atomic E-state index is 3.43. The molecule has 0 bridgehead atoms. The van der Waals surface area contributed by atoms with Crippen molar-refractivity contribution in [3.8, 4) is 0 Å². The van der Waals surface area contributed by atoms with Crippen LogP contribution in [0.25, 0.3) is 0 Å². The minimum Gasteiger partial charge on any atom is -0.317 e. The van der Waals surface area contributed by atoms with Gasteiger partial charge in [-0.1, -0.05) is 92.4 Å². The van der Waals surface area contributed by atoms with E-state index in [1.54, 1.807) is 6.42 Å². The molecule has 1 heteroatoms. The monoisotopic (exact) mass is 337 g/mol. The lowest BCUT2D eigenvalue weighted by Gasteiger charge is -2.17. The van der Waals surface area contributed by atoms with Crippen molar-refractivity contribution < 1.29 is 0 Å². The van der Waals surface area contributed by atoms with E-state index in [2.05, 4.69) is 39.9 Å². The summed E-state index contributed by atoms with van der Waals surface area (Å²) in [5.41, 5.74) is 0. The Balaban J connectivity index is 1.88. The third kappa shape index (κ3) is 10.7. The van der Waals surface area contributed by atoms with E-state index < -0.39 is 0 Å². The average molecular weight is 338 g/mol. The molecule has 2 unspecified atom stereocenters. The number of unbranched alkanes of at least 4 members (excludes halogenated alkanes) is 2. The molecule has 0 radical (unpaired) electrons. The fourth-order valence-electron chi connectivity index (χ4n) is 4.02. The van der Waals surface area contributed by atoms with Crippen LogP contribution in [0.1, 0.15) is 105 Å². The van der Waals surface area contributed by atoms with Gasteiger partial charge < -0.3 is 5.32 Å². The maximum atomic E-state index is 3.43. The largest absolute Gasteiger partial charge is 0.317 e. The highest BCUT2D eigenvalue weighted by Gasteiger charge is 2.35.